The van der Waals surface area contributed by atoms with Gasteiger partial charge in [-0.3, -0.25) is 0 Å². The van der Waals surface area contributed by atoms with Crippen LogP contribution in [0.15, 0.2) is 0 Å². The summed E-state index contributed by atoms with van der Waals surface area (Å²) in [6, 6.07) is 0. The van der Waals surface area contributed by atoms with Gasteiger partial charge in [-0.1, -0.05) is 53.4 Å². The first kappa shape index (κ1) is 25.7. The van der Waals surface area contributed by atoms with Crippen LogP contribution in [0, 0.1) is 0 Å². The predicted molar refractivity (Wildman–Crippen MR) is 122 cm³/mol. The number of unbranched alkanes of at least 4 members (excludes halogenated alkanes) is 4. The van der Waals surface area contributed by atoms with Crippen molar-refractivity contribution in [2.24, 2.45) is 0 Å². The molecule has 25 heavy (non-hydrogen) atoms. The minimum atomic E-state index is -1.65. The van der Waals surface area contributed by atoms with Crippen LogP contribution in [0.4, 0.5) is 0 Å². The van der Waals surface area contributed by atoms with Crippen LogP contribution in [0.1, 0.15) is 79.1 Å². The van der Waals surface area contributed by atoms with E-state index in [9.17, 15) is 0 Å². The minimum absolute atomic E-state index is 0.671. The van der Waals surface area contributed by atoms with E-state index < -0.39 is 16.6 Å². The van der Waals surface area contributed by atoms with Gasteiger partial charge in [0.05, 0.1) is 0 Å². The maximum absolute atomic E-state index is 6.45. The van der Waals surface area contributed by atoms with E-state index in [2.05, 4.69) is 65.6 Å². The molecule has 2 atom stereocenters. The summed E-state index contributed by atoms with van der Waals surface area (Å²) in [6.07, 6.45) is 9.98. The van der Waals surface area contributed by atoms with Gasteiger partial charge in [-0.15, -0.1) is 0 Å². The minimum Gasteiger partial charge on any atom is -0.416 e. The van der Waals surface area contributed by atoms with Crippen LogP contribution < -0.4 is 0 Å². The quantitative estimate of drug-likeness (QED) is 0.200. The van der Waals surface area contributed by atoms with E-state index in [-0.39, 0.29) is 0 Å². The van der Waals surface area contributed by atoms with E-state index in [1.54, 1.807) is 0 Å². The SMILES string of the molecule is CCCCCO[Si](C)(C)C(CC)SC(CC)[Si](C)(C)OCCCCC. The molecule has 0 N–H and O–H groups in total. The maximum atomic E-state index is 6.45. The van der Waals surface area contributed by atoms with Gasteiger partial charge in [0, 0.05) is 23.0 Å². The summed E-state index contributed by atoms with van der Waals surface area (Å²) >= 11 is 2.20. The lowest BCUT2D eigenvalue weighted by molar-refractivity contribution is 0.292. The fourth-order valence-corrected chi connectivity index (χ4v) is 12.1. The fourth-order valence-electron chi connectivity index (χ4n) is 3.26. The van der Waals surface area contributed by atoms with E-state index in [1.807, 2.05) is 0 Å². The van der Waals surface area contributed by atoms with Gasteiger partial charge < -0.3 is 8.85 Å². The molecule has 0 saturated heterocycles. The lowest BCUT2D eigenvalue weighted by atomic mass is 10.3. The Balaban J connectivity index is 4.69. The lowest BCUT2D eigenvalue weighted by Crippen LogP contribution is -2.49. The highest BCUT2D eigenvalue weighted by atomic mass is 32.2. The van der Waals surface area contributed by atoms with Gasteiger partial charge in [-0.25, -0.2) is 0 Å². The van der Waals surface area contributed by atoms with Gasteiger partial charge >= 0.3 is 0 Å². The van der Waals surface area contributed by atoms with Gasteiger partial charge in [-0.05, 0) is 51.9 Å². The molecule has 0 aliphatic heterocycles. The largest absolute Gasteiger partial charge is 0.416 e. The Bertz CT molecular complexity index is 295. The summed E-state index contributed by atoms with van der Waals surface area (Å²) in [7, 11) is -3.31. The molecule has 0 radical (unpaired) electrons. The van der Waals surface area contributed by atoms with Crippen LogP contribution in [0.3, 0.4) is 0 Å². The van der Waals surface area contributed by atoms with Crippen molar-refractivity contribution in [1.29, 1.82) is 0 Å². The van der Waals surface area contributed by atoms with Crippen molar-refractivity contribution >= 4 is 28.4 Å². The molecule has 0 spiro atoms. The lowest BCUT2D eigenvalue weighted by Gasteiger charge is -2.38. The summed E-state index contributed by atoms with van der Waals surface area (Å²) in [4.78, 5) is 1.34. The predicted octanol–water partition coefficient (Wildman–Crippen LogP) is 7.18. The molecule has 0 rings (SSSR count). The maximum Gasteiger partial charge on any atom is 0.199 e. The summed E-state index contributed by atoms with van der Waals surface area (Å²) in [6.45, 7) is 20.8. The van der Waals surface area contributed by atoms with Crippen LogP contribution >= 0.6 is 11.8 Å². The molecule has 0 fully saturated rings. The first-order chi connectivity index (χ1) is 11.7. The number of rotatable bonds is 16. The molecule has 0 heterocycles. The van der Waals surface area contributed by atoms with E-state index in [4.69, 9.17) is 8.85 Å². The zero-order valence-corrected chi connectivity index (χ0v) is 21.3. The van der Waals surface area contributed by atoms with E-state index >= 15 is 0 Å². The van der Waals surface area contributed by atoms with Crippen molar-refractivity contribution in [2.75, 3.05) is 13.2 Å². The third kappa shape index (κ3) is 10.6. The van der Waals surface area contributed by atoms with Crippen LogP contribution in [0.25, 0.3) is 0 Å². The Morgan fingerprint density at radius 3 is 1.28 bits per heavy atom. The highest BCUT2D eigenvalue weighted by molar-refractivity contribution is 8.03. The Hall–Kier alpha value is 0.704. The van der Waals surface area contributed by atoms with Crippen molar-refractivity contribution in [3.8, 4) is 0 Å². The molecule has 0 aromatic rings. The summed E-state index contributed by atoms with van der Waals surface area (Å²) in [5.74, 6) is 0. The summed E-state index contributed by atoms with van der Waals surface area (Å²) in [5.41, 5.74) is 0. The third-order valence-corrected chi connectivity index (χ3v) is 16.4. The van der Waals surface area contributed by atoms with Crippen molar-refractivity contribution in [3.05, 3.63) is 0 Å². The Morgan fingerprint density at radius 2 is 1.00 bits per heavy atom. The molecule has 5 heteroatoms. The number of thioether (sulfide) groups is 1. The zero-order valence-electron chi connectivity index (χ0n) is 18.5. The molecule has 0 amide bonds. The Labute approximate surface area is 165 Å². The van der Waals surface area contributed by atoms with Crippen LogP contribution in [0.2, 0.25) is 26.2 Å². The smallest absolute Gasteiger partial charge is 0.199 e. The molecule has 0 bridgehead atoms. The highest BCUT2D eigenvalue weighted by Crippen LogP contribution is 2.36. The summed E-state index contributed by atoms with van der Waals surface area (Å²) < 4.78 is 12.9. The van der Waals surface area contributed by atoms with Crippen molar-refractivity contribution in [3.63, 3.8) is 0 Å². The zero-order chi connectivity index (χ0) is 19.3. The number of hydrogen-bond acceptors (Lipinski definition) is 3. The standard InChI is InChI=1S/C20H46O2SSi2/c1-9-13-15-17-21-24(5,6)19(11-3)23-20(12-4)25(7,8)22-18-16-14-10-2/h19-20H,9-18H2,1-8H3. The first-order valence-corrected chi connectivity index (χ1v) is 17.6. The van der Waals surface area contributed by atoms with Crippen LogP contribution in [0.5, 0.6) is 0 Å². The molecule has 0 aliphatic carbocycles. The van der Waals surface area contributed by atoms with Gasteiger partial charge in [0.1, 0.15) is 0 Å². The molecule has 0 aromatic heterocycles. The normalized spacial score (nSPS) is 15.4. The molecule has 2 nitrogen and oxygen atoms in total. The van der Waals surface area contributed by atoms with Crippen molar-refractivity contribution in [2.45, 2.75) is 115 Å². The Morgan fingerprint density at radius 1 is 0.640 bits per heavy atom. The van der Waals surface area contributed by atoms with Crippen LogP contribution in [-0.4, -0.2) is 39.6 Å². The van der Waals surface area contributed by atoms with Gasteiger partial charge in [-0.2, -0.15) is 11.8 Å². The molecular weight excluding hydrogens is 360 g/mol. The highest BCUT2D eigenvalue weighted by Gasteiger charge is 2.40. The van der Waals surface area contributed by atoms with E-state index in [1.165, 1.54) is 51.4 Å². The molecular formula is C20H46O2SSi2. The molecule has 0 saturated carbocycles. The monoisotopic (exact) mass is 406 g/mol. The van der Waals surface area contributed by atoms with E-state index in [0.29, 0.717) is 9.75 Å². The summed E-state index contributed by atoms with van der Waals surface area (Å²) in [5, 5.41) is 0. The molecule has 0 aromatic carbocycles. The molecule has 0 aliphatic rings. The second-order valence-corrected chi connectivity index (χ2v) is 18.9. The van der Waals surface area contributed by atoms with Gasteiger partial charge in [0.2, 0.25) is 0 Å². The van der Waals surface area contributed by atoms with Crippen molar-refractivity contribution < 1.29 is 8.85 Å². The average Bonchev–Trinajstić information content (AvgIpc) is 2.56. The topological polar surface area (TPSA) is 18.5 Å². The average molecular weight is 407 g/mol. The molecule has 2 unspecified atom stereocenters. The van der Waals surface area contributed by atoms with Crippen LogP contribution in [-0.2, 0) is 8.85 Å². The van der Waals surface area contributed by atoms with Crippen molar-refractivity contribution in [1.82, 2.24) is 0 Å². The first-order valence-electron chi connectivity index (χ1n) is 10.7. The molecule has 152 valence electrons. The van der Waals surface area contributed by atoms with E-state index in [0.717, 1.165) is 13.2 Å². The second-order valence-electron chi connectivity index (χ2n) is 8.25. The fraction of sp³-hybridized carbons (Fsp3) is 1.00. The Kier molecular flexibility index (Phi) is 14.2. The van der Waals surface area contributed by atoms with Gasteiger partial charge in [0.25, 0.3) is 0 Å². The van der Waals surface area contributed by atoms with Gasteiger partial charge in [0.15, 0.2) is 16.6 Å². The number of hydrogen-bond donors (Lipinski definition) is 0. The third-order valence-electron chi connectivity index (χ3n) is 5.06. The second kappa shape index (κ2) is 13.8.